The number of nitrogens with one attached hydrogen (secondary N) is 1. The molecule has 1 unspecified atom stereocenters. The van der Waals surface area contributed by atoms with Gasteiger partial charge in [-0.25, -0.2) is 0 Å². The van der Waals surface area contributed by atoms with Gasteiger partial charge in [-0.3, -0.25) is 9.59 Å². The van der Waals surface area contributed by atoms with Crippen LogP contribution in [-0.4, -0.2) is 60.8 Å². The summed E-state index contributed by atoms with van der Waals surface area (Å²) in [7, 11) is 1.60. The van der Waals surface area contributed by atoms with Gasteiger partial charge in [-0.05, 0) is 19.3 Å². The molecule has 0 bridgehead atoms. The fraction of sp³-hybridized carbons (Fsp3) is 0.867. The lowest BCUT2D eigenvalue weighted by Crippen LogP contribution is -2.37. The van der Waals surface area contributed by atoms with Crippen LogP contribution in [0.4, 0.5) is 0 Å². The average molecular weight is 298 g/mol. The van der Waals surface area contributed by atoms with Gasteiger partial charge in [-0.2, -0.15) is 0 Å². The highest BCUT2D eigenvalue weighted by Crippen LogP contribution is 2.31. The Morgan fingerprint density at radius 1 is 1.48 bits per heavy atom. The van der Waals surface area contributed by atoms with Crippen LogP contribution >= 0.6 is 0 Å². The number of nitrogens with zero attached hydrogens (tertiary/aromatic N) is 1. The average Bonchev–Trinajstić information content (AvgIpc) is 3.03. The van der Waals surface area contributed by atoms with E-state index in [1.165, 1.54) is 0 Å². The molecule has 6 nitrogen and oxygen atoms in total. The number of likely N-dealkylation sites (tertiary alicyclic amines) is 1. The Kier molecular flexibility index (Phi) is 5.58. The second-order valence-corrected chi connectivity index (χ2v) is 6.21. The van der Waals surface area contributed by atoms with Gasteiger partial charge in [-0.1, -0.05) is 12.8 Å². The number of ether oxygens (including phenoxy) is 1. The van der Waals surface area contributed by atoms with Gasteiger partial charge in [0.15, 0.2) is 0 Å². The van der Waals surface area contributed by atoms with Gasteiger partial charge in [-0.15, -0.1) is 0 Å². The lowest BCUT2D eigenvalue weighted by molar-refractivity contribution is -0.129. The van der Waals surface area contributed by atoms with Crippen LogP contribution in [0.25, 0.3) is 0 Å². The summed E-state index contributed by atoms with van der Waals surface area (Å²) in [5, 5.41) is 13.1. The molecule has 0 radical (unpaired) electrons. The van der Waals surface area contributed by atoms with Gasteiger partial charge < -0.3 is 20.1 Å². The summed E-state index contributed by atoms with van der Waals surface area (Å²) < 4.78 is 4.96. The fourth-order valence-electron chi connectivity index (χ4n) is 3.21. The van der Waals surface area contributed by atoms with Crippen LogP contribution in [0.1, 0.15) is 38.5 Å². The van der Waals surface area contributed by atoms with Crippen molar-refractivity contribution in [3.8, 4) is 0 Å². The zero-order chi connectivity index (χ0) is 15.3. The minimum atomic E-state index is -0.594. The van der Waals surface area contributed by atoms with Crippen molar-refractivity contribution in [1.82, 2.24) is 10.2 Å². The maximum atomic E-state index is 12.1. The Bertz CT molecular complexity index is 380. The highest BCUT2D eigenvalue weighted by atomic mass is 16.5. The predicted octanol–water partition coefficient (Wildman–Crippen LogP) is 0.293. The summed E-state index contributed by atoms with van der Waals surface area (Å²) in [5.74, 6) is -0.334. The molecule has 0 aromatic carbocycles. The van der Waals surface area contributed by atoms with Gasteiger partial charge in [0.25, 0.3) is 0 Å². The Hall–Kier alpha value is -1.14. The summed E-state index contributed by atoms with van der Waals surface area (Å²) in [6.07, 6.45) is 4.67. The standard InChI is InChI=1S/C15H26N2O4/c1-21-9-8-17-11-12(10-13(17)18)14(19)16-7-6-15(20)4-2-3-5-15/h12,20H,2-11H2,1H3,(H,16,19). The van der Waals surface area contributed by atoms with E-state index in [2.05, 4.69) is 5.32 Å². The number of carbonyl (C=O) groups is 2. The molecule has 21 heavy (non-hydrogen) atoms. The lowest BCUT2D eigenvalue weighted by Gasteiger charge is -2.22. The van der Waals surface area contributed by atoms with Gasteiger partial charge in [0, 0.05) is 33.2 Å². The van der Waals surface area contributed by atoms with Crippen molar-refractivity contribution >= 4 is 11.8 Å². The van der Waals surface area contributed by atoms with Crippen LogP contribution < -0.4 is 5.32 Å². The summed E-state index contributed by atoms with van der Waals surface area (Å²) in [4.78, 5) is 25.5. The van der Waals surface area contributed by atoms with E-state index in [0.717, 1.165) is 25.7 Å². The van der Waals surface area contributed by atoms with Crippen molar-refractivity contribution in [2.24, 2.45) is 5.92 Å². The van der Waals surface area contributed by atoms with E-state index in [-0.39, 0.29) is 24.2 Å². The molecule has 0 aromatic rings. The molecule has 2 aliphatic rings. The number of amides is 2. The molecule has 2 N–H and O–H groups in total. The topological polar surface area (TPSA) is 78.9 Å². The maximum Gasteiger partial charge on any atom is 0.225 e. The highest BCUT2D eigenvalue weighted by molar-refractivity contribution is 5.89. The van der Waals surface area contributed by atoms with Crippen LogP contribution in [0.15, 0.2) is 0 Å². The Labute approximate surface area is 125 Å². The van der Waals surface area contributed by atoms with Crippen LogP contribution in [-0.2, 0) is 14.3 Å². The van der Waals surface area contributed by atoms with E-state index in [9.17, 15) is 14.7 Å². The first-order chi connectivity index (χ1) is 10.0. The maximum absolute atomic E-state index is 12.1. The van der Waals surface area contributed by atoms with Crippen molar-refractivity contribution in [1.29, 1.82) is 0 Å². The van der Waals surface area contributed by atoms with E-state index in [1.54, 1.807) is 12.0 Å². The molecule has 2 amide bonds. The molecule has 0 aromatic heterocycles. The molecule has 2 fully saturated rings. The minimum Gasteiger partial charge on any atom is -0.390 e. The molecule has 1 aliphatic heterocycles. The summed E-state index contributed by atoms with van der Waals surface area (Å²) in [6.45, 7) is 1.99. The van der Waals surface area contributed by atoms with E-state index >= 15 is 0 Å². The Morgan fingerprint density at radius 2 is 2.19 bits per heavy atom. The molecule has 1 aliphatic carbocycles. The second kappa shape index (κ2) is 7.22. The summed E-state index contributed by atoms with van der Waals surface area (Å²) in [5.41, 5.74) is -0.594. The van der Waals surface area contributed by atoms with Gasteiger partial charge in [0.1, 0.15) is 0 Å². The van der Waals surface area contributed by atoms with Crippen LogP contribution in [0, 0.1) is 5.92 Å². The molecular formula is C15H26N2O4. The van der Waals surface area contributed by atoms with Gasteiger partial charge >= 0.3 is 0 Å². The first-order valence-electron chi connectivity index (χ1n) is 7.81. The van der Waals surface area contributed by atoms with Crippen molar-refractivity contribution in [3.63, 3.8) is 0 Å². The lowest BCUT2D eigenvalue weighted by atomic mass is 9.98. The number of rotatable bonds is 7. The molecular weight excluding hydrogens is 272 g/mol. The highest BCUT2D eigenvalue weighted by Gasteiger charge is 2.35. The number of aliphatic hydroxyl groups is 1. The third-order valence-corrected chi connectivity index (χ3v) is 4.57. The van der Waals surface area contributed by atoms with Crippen LogP contribution in [0.3, 0.4) is 0 Å². The predicted molar refractivity (Wildman–Crippen MR) is 77.6 cm³/mol. The Balaban J connectivity index is 1.70. The first-order valence-corrected chi connectivity index (χ1v) is 7.81. The quantitative estimate of drug-likeness (QED) is 0.708. The second-order valence-electron chi connectivity index (χ2n) is 6.21. The van der Waals surface area contributed by atoms with Crippen molar-refractivity contribution in [2.75, 3.05) is 33.4 Å². The molecule has 6 heteroatoms. The molecule has 1 saturated carbocycles. The van der Waals surface area contributed by atoms with Crippen LogP contribution in [0.2, 0.25) is 0 Å². The molecule has 1 atom stereocenters. The number of methoxy groups -OCH3 is 1. The normalized spacial score (nSPS) is 24.6. The molecule has 2 rings (SSSR count). The largest absolute Gasteiger partial charge is 0.390 e. The minimum absolute atomic E-state index is 0.0154. The van der Waals surface area contributed by atoms with Crippen molar-refractivity contribution in [3.05, 3.63) is 0 Å². The zero-order valence-corrected chi connectivity index (χ0v) is 12.8. The monoisotopic (exact) mass is 298 g/mol. The third-order valence-electron chi connectivity index (χ3n) is 4.57. The van der Waals surface area contributed by atoms with Gasteiger partial charge in [0.2, 0.25) is 11.8 Å². The van der Waals surface area contributed by atoms with Crippen molar-refractivity contribution < 1.29 is 19.4 Å². The third kappa shape index (κ3) is 4.41. The summed E-state index contributed by atoms with van der Waals surface area (Å²) >= 11 is 0. The SMILES string of the molecule is COCCN1CC(C(=O)NCCC2(O)CCCC2)CC1=O. The zero-order valence-electron chi connectivity index (χ0n) is 12.8. The number of hydrogen-bond donors (Lipinski definition) is 2. The fourth-order valence-corrected chi connectivity index (χ4v) is 3.21. The van der Waals surface area contributed by atoms with E-state index in [1.807, 2.05) is 0 Å². The number of carbonyl (C=O) groups excluding carboxylic acids is 2. The van der Waals surface area contributed by atoms with Gasteiger partial charge in [0.05, 0.1) is 18.1 Å². The number of hydrogen-bond acceptors (Lipinski definition) is 4. The molecule has 1 saturated heterocycles. The summed E-state index contributed by atoms with van der Waals surface area (Å²) in [6, 6.07) is 0. The smallest absolute Gasteiger partial charge is 0.225 e. The molecule has 1 heterocycles. The Morgan fingerprint density at radius 3 is 2.86 bits per heavy atom. The van der Waals surface area contributed by atoms with Crippen LogP contribution in [0.5, 0.6) is 0 Å². The molecule has 120 valence electrons. The molecule has 0 spiro atoms. The van der Waals surface area contributed by atoms with Crippen molar-refractivity contribution in [2.45, 2.75) is 44.1 Å². The first kappa shape index (κ1) is 16.2. The van der Waals surface area contributed by atoms with E-state index in [0.29, 0.717) is 32.7 Å². The van der Waals surface area contributed by atoms with E-state index in [4.69, 9.17) is 4.74 Å². The van der Waals surface area contributed by atoms with E-state index < -0.39 is 5.60 Å².